The Balaban J connectivity index is 1.82. The highest BCUT2D eigenvalue weighted by Gasteiger charge is 2.41. The lowest BCUT2D eigenvalue weighted by Gasteiger charge is -2.32. The molecule has 5 nitrogen and oxygen atoms in total. The Bertz CT molecular complexity index is 1290. The van der Waals surface area contributed by atoms with Crippen molar-refractivity contribution in [2.45, 2.75) is 77.6 Å². The molecule has 4 rings (SSSR count). The van der Waals surface area contributed by atoms with E-state index in [4.69, 9.17) is 9.15 Å². The van der Waals surface area contributed by atoms with Crippen LogP contribution in [0.15, 0.2) is 45.6 Å². The van der Waals surface area contributed by atoms with Crippen LogP contribution in [0.5, 0.6) is 17.2 Å². The van der Waals surface area contributed by atoms with E-state index in [9.17, 15) is 23.1 Å². The highest BCUT2D eigenvalue weighted by molar-refractivity contribution is 5.83. The molecule has 2 aromatic carbocycles. The fourth-order valence-electron chi connectivity index (χ4n) is 4.98. The van der Waals surface area contributed by atoms with Crippen LogP contribution in [0.25, 0.3) is 11.0 Å². The average Bonchev–Trinajstić information content (AvgIpc) is 2.81. The normalized spacial score (nSPS) is 19.0. The first-order valence-corrected chi connectivity index (χ1v) is 12.4. The number of likely N-dealkylation sites (tertiary alicyclic amines) is 1. The SMILES string of the molecule is CC[C@@H]1CCCC[NH+]1Cc1c(O)ccc2c(=O)c(Oc3ccc(C(C)(C)C)cc3)c(C(F)(F)F)oc12. The van der Waals surface area contributed by atoms with Crippen LogP contribution < -0.4 is 15.1 Å². The van der Waals surface area contributed by atoms with Gasteiger partial charge in [-0.15, -0.1) is 0 Å². The molecule has 1 fully saturated rings. The Morgan fingerprint density at radius 1 is 1.08 bits per heavy atom. The molecule has 0 bridgehead atoms. The lowest BCUT2D eigenvalue weighted by molar-refractivity contribution is -0.944. The summed E-state index contributed by atoms with van der Waals surface area (Å²) in [4.78, 5) is 14.5. The van der Waals surface area contributed by atoms with Crippen LogP contribution in [-0.4, -0.2) is 17.7 Å². The maximum Gasteiger partial charge on any atom is 0.453 e. The minimum atomic E-state index is -4.97. The molecule has 3 aromatic rings. The summed E-state index contributed by atoms with van der Waals surface area (Å²) < 4.78 is 53.2. The highest BCUT2D eigenvalue weighted by Crippen LogP contribution is 2.40. The third-order valence-corrected chi connectivity index (χ3v) is 7.07. The molecule has 1 aromatic heterocycles. The Labute approximate surface area is 208 Å². The lowest BCUT2D eigenvalue weighted by Crippen LogP contribution is -3.15. The molecule has 0 spiro atoms. The van der Waals surface area contributed by atoms with E-state index < -0.39 is 23.1 Å². The number of nitrogens with one attached hydrogen (secondary N) is 1. The van der Waals surface area contributed by atoms with Crippen molar-refractivity contribution in [2.75, 3.05) is 6.54 Å². The van der Waals surface area contributed by atoms with E-state index in [1.165, 1.54) is 29.2 Å². The van der Waals surface area contributed by atoms with Crippen molar-refractivity contribution in [1.29, 1.82) is 0 Å². The van der Waals surface area contributed by atoms with Crippen molar-refractivity contribution < 1.29 is 32.3 Å². The van der Waals surface area contributed by atoms with Crippen LogP contribution in [0, 0.1) is 0 Å². The summed E-state index contributed by atoms with van der Waals surface area (Å²) in [5.74, 6) is -2.50. The molecule has 8 heteroatoms. The number of ether oxygens (including phenoxy) is 1. The number of phenols is 1. The zero-order valence-corrected chi connectivity index (χ0v) is 21.1. The summed E-state index contributed by atoms with van der Waals surface area (Å²) in [6, 6.07) is 9.56. The Morgan fingerprint density at radius 3 is 2.39 bits per heavy atom. The van der Waals surface area contributed by atoms with E-state index >= 15 is 0 Å². The molecule has 0 aliphatic carbocycles. The summed E-state index contributed by atoms with van der Waals surface area (Å²) in [6.45, 7) is 9.25. The van der Waals surface area contributed by atoms with Gasteiger partial charge in [0.25, 0.3) is 5.76 Å². The number of benzene rings is 2. The van der Waals surface area contributed by atoms with E-state index in [0.29, 0.717) is 6.04 Å². The first kappa shape index (κ1) is 26.1. The van der Waals surface area contributed by atoms with E-state index in [1.54, 1.807) is 12.1 Å². The minimum Gasteiger partial charge on any atom is -0.507 e. The standard InChI is InChI=1S/C28H32F3NO4/c1-5-18-8-6-7-15-32(18)16-21-22(33)14-13-20-23(34)25(26(28(29,30)31)36-24(20)21)35-19-11-9-17(10-12-19)27(2,3)4/h9-14,18,33H,5-8,15-16H2,1-4H3/p+1/t18-/m1/s1. The van der Waals surface area contributed by atoms with Gasteiger partial charge < -0.3 is 19.2 Å². The number of halogens is 3. The summed E-state index contributed by atoms with van der Waals surface area (Å²) >= 11 is 0. The van der Waals surface area contributed by atoms with E-state index in [-0.39, 0.29) is 40.0 Å². The van der Waals surface area contributed by atoms with Crippen molar-refractivity contribution >= 4 is 11.0 Å². The second-order valence-electron chi connectivity index (χ2n) is 10.6. The molecule has 0 saturated carbocycles. The van der Waals surface area contributed by atoms with Crippen LogP contribution in [-0.2, 0) is 18.1 Å². The number of quaternary nitrogens is 1. The molecule has 36 heavy (non-hydrogen) atoms. The Hall–Kier alpha value is -3.00. The molecule has 1 aliphatic rings. The number of alkyl halides is 3. The average molecular weight is 505 g/mol. The topological polar surface area (TPSA) is 64.1 Å². The first-order valence-electron chi connectivity index (χ1n) is 12.4. The van der Waals surface area contributed by atoms with Gasteiger partial charge in [0.2, 0.25) is 11.2 Å². The highest BCUT2D eigenvalue weighted by atomic mass is 19.4. The number of piperidine rings is 1. The lowest BCUT2D eigenvalue weighted by atomic mass is 9.87. The van der Waals surface area contributed by atoms with Gasteiger partial charge in [-0.2, -0.15) is 13.2 Å². The molecule has 1 unspecified atom stereocenters. The third kappa shape index (κ3) is 5.24. The summed E-state index contributed by atoms with van der Waals surface area (Å²) in [7, 11) is 0. The molecule has 194 valence electrons. The van der Waals surface area contributed by atoms with Gasteiger partial charge in [0.1, 0.15) is 18.0 Å². The molecular formula is C28H33F3NO4+. The smallest absolute Gasteiger partial charge is 0.453 e. The van der Waals surface area contributed by atoms with Gasteiger partial charge in [-0.3, -0.25) is 4.79 Å². The number of rotatable bonds is 5. The van der Waals surface area contributed by atoms with Crippen LogP contribution in [0.4, 0.5) is 13.2 Å². The molecule has 2 atom stereocenters. The van der Waals surface area contributed by atoms with Crippen molar-refractivity contribution in [2.24, 2.45) is 0 Å². The van der Waals surface area contributed by atoms with Gasteiger partial charge in [-0.1, -0.05) is 39.8 Å². The monoisotopic (exact) mass is 504 g/mol. The van der Waals surface area contributed by atoms with Gasteiger partial charge in [0.15, 0.2) is 5.58 Å². The van der Waals surface area contributed by atoms with Crippen LogP contribution >= 0.6 is 0 Å². The predicted molar refractivity (Wildman–Crippen MR) is 132 cm³/mol. The van der Waals surface area contributed by atoms with Crippen LogP contribution in [0.1, 0.15) is 70.3 Å². The van der Waals surface area contributed by atoms with E-state index in [2.05, 4.69) is 6.92 Å². The molecule has 0 radical (unpaired) electrons. The zero-order valence-electron chi connectivity index (χ0n) is 21.1. The van der Waals surface area contributed by atoms with Crippen LogP contribution in [0.2, 0.25) is 0 Å². The maximum absolute atomic E-state index is 14.1. The van der Waals surface area contributed by atoms with E-state index in [0.717, 1.165) is 37.8 Å². The largest absolute Gasteiger partial charge is 0.507 e. The summed E-state index contributed by atoms with van der Waals surface area (Å²) in [5, 5.41) is 10.5. The Morgan fingerprint density at radius 2 is 1.78 bits per heavy atom. The maximum atomic E-state index is 14.1. The number of hydrogen-bond donors (Lipinski definition) is 2. The fraction of sp³-hybridized carbons (Fsp3) is 0.464. The molecule has 2 N–H and O–H groups in total. The Kier molecular flexibility index (Phi) is 7.10. The molecule has 1 saturated heterocycles. The van der Waals surface area contributed by atoms with Crippen molar-refractivity contribution in [3.63, 3.8) is 0 Å². The molecular weight excluding hydrogens is 471 g/mol. The van der Waals surface area contributed by atoms with Gasteiger partial charge in [0, 0.05) is 0 Å². The molecule has 0 amide bonds. The van der Waals surface area contributed by atoms with Crippen molar-refractivity contribution in [3.05, 3.63) is 63.5 Å². The second kappa shape index (κ2) is 9.81. The third-order valence-electron chi connectivity index (χ3n) is 7.07. The second-order valence-corrected chi connectivity index (χ2v) is 10.6. The van der Waals surface area contributed by atoms with Gasteiger partial charge >= 0.3 is 6.18 Å². The predicted octanol–water partition coefficient (Wildman–Crippen LogP) is 5.95. The summed E-state index contributed by atoms with van der Waals surface area (Å²) in [5.41, 5.74) is -0.127. The number of hydrogen-bond acceptors (Lipinski definition) is 4. The molecule has 1 aliphatic heterocycles. The van der Waals surface area contributed by atoms with E-state index in [1.807, 2.05) is 20.8 Å². The van der Waals surface area contributed by atoms with Crippen molar-refractivity contribution in [1.82, 2.24) is 0 Å². The minimum absolute atomic E-state index is 0.0541. The van der Waals surface area contributed by atoms with Gasteiger partial charge in [-0.25, -0.2) is 0 Å². The van der Waals surface area contributed by atoms with Gasteiger partial charge in [0.05, 0.1) is 23.5 Å². The van der Waals surface area contributed by atoms with Gasteiger partial charge in [-0.05, 0) is 60.9 Å². The molecule has 2 heterocycles. The fourth-order valence-corrected chi connectivity index (χ4v) is 4.98. The van der Waals surface area contributed by atoms with Crippen molar-refractivity contribution in [3.8, 4) is 17.2 Å². The number of phenolic OH excluding ortho intramolecular Hbond substituents is 1. The zero-order chi connectivity index (χ0) is 26.3. The quantitative estimate of drug-likeness (QED) is 0.451. The first-order chi connectivity index (χ1) is 16.9. The summed E-state index contributed by atoms with van der Waals surface area (Å²) in [6.07, 6.45) is -0.929. The van der Waals surface area contributed by atoms with Crippen LogP contribution in [0.3, 0.4) is 0 Å². The number of fused-ring (bicyclic) bond motifs is 1. The number of aromatic hydroxyl groups is 1.